The summed E-state index contributed by atoms with van der Waals surface area (Å²) in [4.78, 5) is 4.14. The lowest BCUT2D eigenvalue weighted by Crippen LogP contribution is -2.18. The molecule has 0 fully saturated rings. The van der Waals surface area contributed by atoms with Crippen LogP contribution in [0.25, 0.3) is 0 Å². The molecule has 2 nitrogen and oxygen atoms in total. The molecular formula is C15H18N2. The van der Waals surface area contributed by atoms with Gasteiger partial charge in [-0.3, -0.25) is 4.98 Å². The molecule has 1 N–H and O–H groups in total. The molecule has 0 aliphatic carbocycles. The van der Waals surface area contributed by atoms with Gasteiger partial charge in [-0.2, -0.15) is 0 Å². The van der Waals surface area contributed by atoms with E-state index in [0.29, 0.717) is 6.04 Å². The van der Waals surface area contributed by atoms with E-state index in [0.717, 1.165) is 6.54 Å². The van der Waals surface area contributed by atoms with E-state index in [-0.39, 0.29) is 0 Å². The highest BCUT2D eigenvalue weighted by Gasteiger charge is 2.04. The van der Waals surface area contributed by atoms with Crippen LogP contribution >= 0.6 is 0 Å². The van der Waals surface area contributed by atoms with Gasteiger partial charge in [0.05, 0.1) is 0 Å². The summed E-state index contributed by atoms with van der Waals surface area (Å²) in [7, 11) is 0. The van der Waals surface area contributed by atoms with E-state index in [9.17, 15) is 0 Å². The molecule has 1 heterocycles. The molecule has 0 bridgehead atoms. The van der Waals surface area contributed by atoms with Gasteiger partial charge < -0.3 is 5.32 Å². The molecule has 0 saturated heterocycles. The van der Waals surface area contributed by atoms with E-state index < -0.39 is 0 Å². The summed E-state index contributed by atoms with van der Waals surface area (Å²) in [6.07, 6.45) is 3.72. The van der Waals surface area contributed by atoms with Crippen molar-refractivity contribution < 1.29 is 0 Å². The number of nitrogens with one attached hydrogen (secondary N) is 1. The minimum absolute atomic E-state index is 0.323. The van der Waals surface area contributed by atoms with E-state index >= 15 is 0 Å². The first-order valence-electron chi connectivity index (χ1n) is 5.95. The SMILES string of the molecule is Cc1ccccc1CN[C@H](C)c1cccnc1. The van der Waals surface area contributed by atoms with Crippen molar-refractivity contribution in [3.05, 3.63) is 65.5 Å². The molecule has 0 aliphatic rings. The van der Waals surface area contributed by atoms with E-state index in [2.05, 4.69) is 54.5 Å². The van der Waals surface area contributed by atoms with Crippen LogP contribution in [0.4, 0.5) is 0 Å². The van der Waals surface area contributed by atoms with Crippen LogP contribution in [-0.2, 0) is 6.54 Å². The Morgan fingerprint density at radius 3 is 2.71 bits per heavy atom. The molecule has 0 radical (unpaired) electrons. The second-order valence-corrected chi connectivity index (χ2v) is 4.32. The lowest BCUT2D eigenvalue weighted by atomic mass is 10.1. The fourth-order valence-electron chi connectivity index (χ4n) is 1.82. The number of hydrogen-bond donors (Lipinski definition) is 1. The molecule has 2 aromatic rings. The lowest BCUT2D eigenvalue weighted by molar-refractivity contribution is 0.572. The highest BCUT2D eigenvalue weighted by molar-refractivity contribution is 5.25. The van der Waals surface area contributed by atoms with Gasteiger partial charge in [0.1, 0.15) is 0 Å². The van der Waals surface area contributed by atoms with Crippen molar-refractivity contribution in [2.75, 3.05) is 0 Å². The monoisotopic (exact) mass is 226 g/mol. The van der Waals surface area contributed by atoms with Crippen LogP contribution in [0.1, 0.15) is 29.7 Å². The lowest BCUT2D eigenvalue weighted by Gasteiger charge is -2.14. The Balaban J connectivity index is 1.97. The smallest absolute Gasteiger partial charge is 0.0315 e. The Bertz CT molecular complexity index is 465. The van der Waals surface area contributed by atoms with Crippen LogP contribution in [0, 0.1) is 6.92 Å². The zero-order valence-electron chi connectivity index (χ0n) is 10.4. The van der Waals surface area contributed by atoms with Crippen LogP contribution in [0.15, 0.2) is 48.8 Å². The summed E-state index contributed by atoms with van der Waals surface area (Å²) >= 11 is 0. The maximum Gasteiger partial charge on any atom is 0.0315 e. The van der Waals surface area contributed by atoms with Crippen LogP contribution in [0.2, 0.25) is 0 Å². The Labute approximate surface area is 103 Å². The molecule has 2 rings (SSSR count). The van der Waals surface area contributed by atoms with Crippen molar-refractivity contribution in [3.8, 4) is 0 Å². The van der Waals surface area contributed by atoms with Crippen molar-refractivity contribution in [2.45, 2.75) is 26.4 Å². The molecule has 1 aromatic carbocycles. The maximum absolute atomic E-state index is 4.14. The second-order valence-electron chi connectivity index (χ2n) is 4.32. The third kappa shape index (κ3) is 3.14. The minimum Gasteiger partial charge on any atom is -0.306 e. The summed E-state index contributed by atoms with van der Waals surface area (Å²) in [5.74, 6) is 0. The van der Waals surface area contributed by atoms with E-state index in [1.807, 2.05) is 12.3 Å². The molecule has 0 unspecified atom stereocenters. The molecule has 0 spiro atoms. The summed E-state index contributed by atoms with van der Waals surface area (Å²) < 4.78 is 0. The number of hydrogen-bond acceptors (Lipinski definition) is 2. The average Bonchev–Trinajstić information content (AvgIpc) is 2.38. The minimum atomic E-state index is 0.323. The van der Waals surface area contributed by atoms with Crippen molar-refractivity contribution in [1.29, 1.82) is 0 Å². The van der Waals surface area contributed by atoms with Gasteiger partial charge in [0, 0.05) is 25.0 Å². The van der Waals surface area contributed by atoms with Crippen molar-refractivity contribution in [2.24, 2.45) is 0 Å². The molecule has 0 amide bonds. The Hall–Kier alpha value is -1.67. The fourth-order valence-corrected chi connectivity index (χ4v) is 1.82. The predicted octanol–water partition coefficient (Wildman–Crippen LogP) is 3.24. The van der Waals surface area contributed by atoms with Crippen LogP contribution in [-0.4, -0.2) is 4.98 Å². The molecule has 1 aromatic heterocycles. The van der Waals surface area contributed by atoms with Crippen LogP contribution < -0.4 is 5.32 Å². The van der Waals surface area contributed by atoms with Crippen molar-refractivity contribution in [3.63, 3.8) is 0 Å². The van der Waals surface area contributed by atoms with Gasteiger partial charge in [-0.05, 0) is 36.6 Å². The third-order valence-corrected chi connectivity index (χ3v) is 3.04. The molecule has 1 atom stereocenters. The maximum atomic E-state index is 4.14. The zero-order chi connectivity index (χ0) is 12.1. The first kappa shape index (κ1) is 11.8. The molecule has 88 valence electrons. The molecule has 17 heavy (non-hydrogen) atoms. The summed E-state index contributed by atoms with van der Waals surface area (Å²) in [5.41, 5.74) is 3.91. The number of aryl methyl sites for hydroxylation is 1. The second kappa shape index (κ2) is 5.60. The number of aromatic nitrogens is 1. The quantitative estimate of drug-likeness (QED) is 0.865. The topological polar surface area (TPSA) is 24.9 Å². The van der Waals surface area contributed by atoms with Gasteiger partial charge in [-0.25, -0.2) is 0 Å². The number of nitrogens with zero attached hydrogens (tertiary/aromatic N) is 1. The average molecular weight is 226 g/mol. The Morgan fingerprint density at radius 1 is 1.18 bits per heavy atom. The van der Waals surface area contributed by atoms with Gasteiger partial charge in [0.25, 0.3) is 0 Å². The largest absolute Gasteiger partial charge is 0.306 e. The van der Waals surface area contributed by atoms with Gasteiger partial charge in [-0.15, -0.1) is 0 Å². The van der Waals surface area contributed by atoms with E-state index in [1.54, 1.807) is 6.20 Å². The Morgan fingerprint density at radius 2 is 2.00 bits per heavy atom. The molecule has 2 heteroatoms. The molecule has 0 aliphatic heterocycles. The van der Waals surface area contributed by atoms with E-state index in [1.165, 1.54) is 16.7 Å². The van der Waals surface area contributed by atoms with Gasteiger partial charge in [-0.1, -0.05) is 30.3 Å². The number of rotatable bonds is 4. The van der Waals surface area contributed by atoms with Gasteiger partial charge >= 0.3 is 0 Å². The standard InChI is InChI=1S/C15H18N2/c1-12-6-3-4-7-14(12)11-17-13(2)15-8-5-9-16-10-15/h3-10,13,17H,11H2,1-2H3/t13-/m1/s1. The van der Waals surface area contributed by atoms with Crippen molar-refractivity contribution >= 4 is 0 Å². The van der Waals surface area contributed by atoms with E-state index in [4.69, 9.17) is 0 Å². The number of benzene rings is 1. The number of pyridine rings is 1. The summed E-state index contributed by atoms with van der Waals surface area (Å²) in [6, 6.07) is 12.9. The van der Waals surface area contributed by atoms with Crippen molar-refractivity contribution in [1.82, 2.24) is 10.3 Å². The summed E-state index contributed by atoms with van der Waals surface area (Å²) in [6.45, 7) is 5.20. The molecular weight excluding hydrogens is 208 g/mol. The van der Waals surface area contributed by atoms with Gasteiger partial charge in [0.2, 0.25) is 0 Å². The first-order chi connectivity index (χ1) is 8.27. The van der Waals surface area contributed by atoms with Gasteiger partial charge in [0.15, 0.2) is 0 Å². The summed E-state index contributed by atoms with van der Waals surface area (Å²) in [5, 5.41) is 3.52. The van der Waals surface area contributed by atoms with Crippen LogP contribution in [0.5, 0.6) is 0 Å². The fraction of sp³-hybridized carbons (Fsp3) is 0.267. The van der Waals surface area contributed by atoms with Crippen LogP contribution in [0.3, 0.4) is 0 Å². The highest BCUT2D eigenvalue weighted by Crippen LogP contribution is 2.12. The highest BCUT2D eigenvalue weighted by atomic mass is 14.9. The Kier molecular flexibility index (Phi) is 3.89. The first-order valence-corrected chi connectivity index (χ1v) is 5.95. The normalized spacial score (nSPS) is 12.4. The third-order valence-electron chi connectivity index (χ3n) is 3.04. The molecule has 0 saturated carbocycles. The zero-order valence-corrected chi connectivity index (χ0v) is 10.4. The predicted molar refractivity (Wildman–Crippen MR) is 70.7 cm³/mol.